The summed E-state index contributed by atoms with van der Waals surface area (Å²) in [5.74, 6) is 3.47. The van der Waals surface area contributed by atoms with E-state index in [1.165, 1.54) is 34.0 Å². The van der Waals surface area contributed by atoms with Crippen LogP contribution in [0.5, 0.6) is 5.75 Å². The van der Waals surface area contributed by atoms with Gasteiger partial charge in [-0.25, -0.2) is 0 Å². The zero-order valence-corrected chi connectivity index (χ0v) is 17.4. The molecule has 0 saturated heterocycles. The number of benzene rings is 2. The fourth-order valence-corrected chi connectivity index (χ4v) is 4.95. The van der Waals surface area contributed by atoms with Gasteiger partial charge in [0.25, 0.3) is 0 Å². The third kappa shape index (κ3) is 3.79. The van der Waals surface area contributed by atoms with Gasteiger partial charge in [0, 0.05) is 0 Å². The minimum atomic E-state index is 0.113. The predicted molar refractivity (Wildman–Crippen MR) is 107 cm³/mol. The van der Waals surface area contributed by atoms with Crippen molar-refractivity contribution in [2.45, 2.75) is 58.3 Å². The van der Waals surface area contributed by atoms with Crippen molar-refractivity contribution in [1.82, 2.24) is 0 Å². The van der Waals surface area contributed by atoms with Gasteiger partial charge in [-0.15, -0.1) is 0 Å². The molecule has 130 valence electrons. The van der Waals surface area contributed by atoms with Crippen molar-refractivity contribution in [1.29, 1.82) is 0 Å². The van der Waals surface area contributed by atoms with Crippen LogP contribution in [-0.2, 0) is 10.8 Å². The molecule has 2 aromatic carbocycles. The number of phenolic OH excluding ortho intramolecular Hbond substituents is 1. The van der Waals surface area contributed by atoms with E-state index in [9.17, 15) is 5.11 Å². The second-order valence-electron chi connectivity index (χ2n) is 8.31. The van der Waals surface area contributed by atoms with Gasteiger partial charge in [-0.2, -0.15) is 0 Å². The Hall–Kier alpha value is -1.68. The predicted octanol–water partition coefficient (Wildman–Crippen LogP) is 4.39. The van der Waals surface area contributed by atoms with Gasteiger partial charge < -0.3 is 0 Å². The van der Waals surface area contributed by atoms with Gasteiger partial charge in [0.1, 0.15) is 0 Å². The Kier molecular flexibility index (Phi) is 4.76. The van der Waals surface area contributed by atoms with Crippen molar-refractivity contribution in [3.05, 3.63) is 58.7 Å². The van der Waals surface area contributed by atoms with Gasteiger partial charge >= 0.3 is 158 Å². The summed E-state index contributed by atoms with van der Waals surface area (Å²) < 4.78 is 1.38. The molecule has 0 aromatic heterocycles. The third-order valence-electron chi connectivity index (χ3n) is 5.35. The molecule has 1 nitrogen and oxygen atoms in total. The Morgan fingerprint density at radius 3 is 2.24 bits per heavy atom. The first-order valence-corrected chi connectivity index (χ1v) is 10.5. The summed E-state index contributed by atoms with van der Waals surface area (Å²) in [4.78, 5) is 3.34. The van der Waals surface area contributed by atoms with Crippen molar-refractivity contribution >= 4 is 19.4 Å². The fraction of sp³-hybridized carbons (Fsp3) is 0.391. The molecule has 0 amide bonds. The van der Waals surface area contributed by atoms with Crippen LogP contribution < -0.4 is 4.46 Å². The second kappa shape index (κ2) is 6.56. The molecule has 0 bridgehead atoms. The van der Waals surface area contributed by atoms with Crippen molar-refractivity contribution < 1.29 is 5.11 Å². The topological polar surface area (TPSA) is 20.2 Å². The molecular weight excluding hydrogens is 371 g/mol. The summed E-state index contributed by atoms with van der Waals surface area (Å²) in [5.41, 5.74) is 5.75. The molecule has 0 aliphatic heterocycles. The fourth-order valence-electron chi connectivity index (χ4n) is 3.54. The van der Waals surface area contributed by atoms with Crippen LogP contribution in [0.1, 0.15) is 62.8 Å². The van der Waals surface area contributed by atoms with E-state index < -0.39 is 0 Å². The number of aromatic hydroxyl groups is 1. The molecule has 0 unspecified atom stereocenters. The molecule has 1 N–H and O–H groups in total. The summed E-state index contributed by atoms with van der Waals surface area (Å²) >= 11 is 0.113. The molecular formula is C23H26OSe. The van der Waals surface area contributed by atoms with Crippen LogP contribution >= 0.6 is 0 Å². The number of fused-ring (bicyclic) bond motifs is 1. The Labute approximate surface area is 158 Å². The molecule has 0 heterocycles. The molecule has 1 aliphatic rings. The van der Waals surface area contributed by atoms with E-state index in [-0.39, 0.29) is 31.5 Å². The van der Waals surface area contributed by atoms with Gasteiger partial charge in [0.15, 0.2) is 0 Å². The summed E-state index contributed by atoms with van der Waals surface area (Å²) in [7, 11) is 0. The van der Waals surface area contributed by atoms with Crippen molar-refractivity contribution in [2.24, 2.45) is 0 Å². The summed E-state index contributed by atoms with van der Waals surface area (Å²) in [6, 6.07) is 12.0. The van der Waals surface area contributed by atoms with Crippen molar-refractivity contribution in [3.8, 4) is 16.5 Å². The Morgan fingerprint density at radius 1 is 0.960 bits per heavy atom. The van der Waals surface area contributed by atoms with Crippen LogP contribution in [0.4, 0.5) is 0 Å². The van der Waals surface area contributed by atoms with Crippen LogP contribution in [0.15, 0.2) is 36.4 Å². The van der Waals surface area contributed by atoms with Crippen molar-refractivity contribution in [3.63, 3.8) is 0 Å². The van der Waals surface area contributed by atoms with E-state index in [4.69, 9.17) is 0 Å². The van der Waals surface area contributed by atoms with Crippen LogP contribution in [0.25, 0.3) is 0 Å². The molecule has 0 radical (unpaired) electrons. The Morgan fingerprint density at radius 2 is 1.60 bits per heavy atom. The molecule has 0 atom stereocenters. The Bertz CT molecular complexity index is 865. The number of aryl methyl sites for hydroxylation is 1. The third-order valence-corrected chi connectivity index (χ3v) is 7.16. The quantitative estimate of drug-likeness (QED) is 0.559. The zero-order chi connectivity index (χ0) is 18.2. The van der Waals surface area contributed by atoms with Gasteiger partial charge in [0.05, 0.1) is 0 Å². The van der Waals surface area contributed by atoms with E-state index in [1.54, 1.807) is 12.1 Å². The number of phenols is 1. The van der Waals surface area contributed by atoms with E-state index >= 15 is 0 Å². The van der Waals surface area contributed by atoms with Gasteiger partial charge in [0.2, 0.25) is 0 Å². The molecule has 2 heteroatoms. The summed E-state index contributed by atoms with van der Waals surface area (Å²) in [6.45, 7) is 11.7. The van der Waals surface area contributed by atoms with E-state index in [0.29, 0.717) is 0 Å². The first kappa shape index (κ1) is 18.1. The average molecular weight is 397 g/mol. The van der Waals surface area contributed by atoms with E-state index in [0.717, 1.165) is 5.56 Å². The number of hydrogen-bond acceptors (Lipinski definition) is 1. The monoisotopic (exact) mass is 398 g/mol. The molecule has 0 saturated carbocycles. The van der Waals surface area contributed by atoms with E-state index in [2.05, 4.69) is 57.5 Å². The van der Waals surface area contributed by atoms with E-state index in [1.807, 2.05) is 12.1 Å². The standard InChI is InChI=1S/C23H26OSe/c1-16-13-19-20(23(4,5)11-10-22(19,2)3)15-21(16)25-12-9-17-7-6-8-18(24)14-17/h6-8,13-15,24H,10-11H2,1-5H3. The maximum atomic E-state index is 9.55. The summed E-state index contributed by atoms with van der Waals surface area (Å²) in [5, 5.41) is 9.55. The number of rotatable bonds is 1. The van der Waals surface area contributed by atoms with Crippen LogP contribution in [0, 0.1) is 17.7 Å². The molecule has 0 fully saturated rings. The van der Waals surface area contributed by atoms with Gasteiger partial charge in [-0.3, -0.25) is 0 Å². The average Bonchev–Trinajstić information content (AvgIpc) is 2.53. The first-order chi connectivity index (χ1) is 11.7. The second-order valence-corrected chi connectivity index (χ2v) is 10.1. The van der Waals surface area contributed by atoms with Crippen molar-refractivity contribution in [2.75, 3.05) is 0 Å². The van der Waals surface area contributed by atoms with Crippen LogP contribution in [0.2, 0.25) is 0 Å². The maximum absolute atomic E-state index is 9.55. The zero-order valence-electron chi connectivity index (χ0n) is 15.7. The molecule has 25 heavy (non-hydrogen) atoms. The van der Waals surface area contributed by atoms with Gasteiger partial charge in [-0.1, -0.05) is 0 Å². The molecule has 2 aromatic rings. The molecule has 3 rings (SSSR count). The summed E-state index contributed by atoms with van der Waals surface area (Å²) in [6.07, 6.45) is 2.48. The SMILES string of the molecule is Cc1cc2c(cc1[Se]C#Cc1cccc(O)c1)C(C)(C)CCC2(C)C. The van der Waals surface area contributed by atoms with Crippen LogP contribution in [0.3, 0.4) is 0 Å². The van der Waals surface area contributed by atoms with Crippen LogP contribution in [-0.4, -0.2) is 20.1 Å². The Balaban J connectivity index is 1.94. The van der Waals surface area contributed by atoms with Gasteiger partial charge in [-0.05, 0) is 0 Å². The normalized spacial score (nSPS) is 17.3. The number of hydrogen-bond donors (Lipinski definition) is 1. The molecule has 0 spiro atoms. The molecule has 1 aliphatic carbocycles. The first-order valence-electron chi connectivity index (χ1n) is 8.82. The minimum absolute atomic E-state index is 0.113.